The highest BCUT2D eigenvalue weighted by Gasteiger charge is 2.28. The maximum atomic E-state index is 12.1. The van der Waals surface area contributed by atoms with Gasteiger partial charge in [0.25, 0.3) is 0 Å². The van der Waals surface area contributed by atoms with Crippen LogP contribution in [0.4, 0.5) is 0 Å². The van der Waals surface area contributed by atoms with Crippen molar-refractivity contribution in [2.45, 2.75) is 26.7 Å². The van der Waals surface area contributed by atoms with Crippen LogP contribution in [0.15, 0.2) is 0 Å². The molecule has 8 heteroatoms. The fraction of sp³-hybridized carbons (Fsp3) is 1.00. The second-order valence-electron chi connectivity index (χ2n) is 6.34. The van der Waals surface area contributed by atoms with Crippen LogP contribution in [-0.4, -0.2) is 65.1 Å². The lowest BCUT2D eigenvalue weighted by Gasteiger charge is -2.31. The van der Waals surface area contributed by atoms with Crippen LogP contribution >= 0.6 is 0 Å². The van der Waals surface area contributed by atoms with Crippen molar-refractivity contribution in [2.75, 3.05) is 43.9 Å². The van der Waals surface area contributed by atoms with Crippen molar-refractivity contribution in [3.05, 3.63) is 0 Å². The summed E-state index contributed by atoms with van der Waals surface area (Å²) >= 11 is 0. The molecule has 0 radical (unpaired) electrons. The molecular weight excluding hydrogens is 312 g/mol. The molecule has 0 atom stereocenters. The van der Waals surface area contributed by atoms with Gasteiger partial charge in [0, 0.05) is 19.3 Å². The van der Waals surface area contributed by atoms with E-state index in [0.29, 0.717) is 24.9 Å². The van der Waals surface area contributed by atoms with Crippen LogP contribution in [0.5, 0.6) is 0 Å². The normalized spacial score (nSPS) is 19.2. The van der Waals surface area contributed by atoms with Crippen LogP contribution in [0.25, 0.3) is 0 Å². The lowest BCUT2D eigenvalue weighted by Crippen LogP contribution is -2.42. The minimum Gasteiger partial charge on any atom is -0.316 e. The van der Waals surface area contributed by atoms with E-state index in [0.717, 1.165) is 32.2 Å². The Hall–Kier alpha value is -0.180. The molecule has 0 aliphatic carbocycles. The summed E-state index contributed by atoms with van der Waals surface area (Å²) in [6.07, 6.45) is 2.74. The zero-order chi connectivity index (χ0) is 16.1. The van der Waals surface area contributed by atoms with Crippen molar-refractivity contribution in [3.8, 4) is 0 Å². The molecule has 0 unspecified atom stereocenters. The van der Waals surface area contributed by atoms with Gasteiger partial charge in [-0.15, -0.1) is 0 Å². The van der Waals surface area contributed by atoms with E-state index in [2.05, 4.69) is 19.2 Å². The smallest absolute Gasteiger partial charge is 0.215 e. The molecule has 0 aromatic heterocycles. The Morgan fingerprint density at radius 3 is 2.14 bits per heavy atom. The zero-order valence-electron chi connectivity index (χ0n) is 13.2. The number of hydrogen-bond donors (Lipinski definition) is 1. The third-order valence-corrected chi connectivity index (χ3v) is 6.74. The minimum atomic E-state index is -3.44. The average Bonchev–Trinajstić information content (AvgIpc) is 2.36. The predicted molar refractivity (Wildman–Crippen MR) is 85.5 cm³/mol. The molecule has 0 aromatic rings. The van der Waals surface area contributed by atoms with E-state index in [1.165, 1.54) is 4.31 Å². The van der Waals surface area contributed by atoms with Crippen LogP contribution in [0.1, 0.15) is 26.7 Å². The Balaban J connectivity index is 2.38. The van der Waals surface area contributed by atoms with Gasteiger partial charge in [0.2, 0.25) is 10.0 Å². The highest BCUT2D eigenvalue weighted by Crippen LogP contribution is 2.19. The molecule has 1 rings (SSSR count). The van der Waals surface area contributed by atoms with E-state index < -0.39 is 19.9 Å². The van der Waals surface area contributed by atoms with Crippen molar-refractivity contribution in [1.29, 1.82) is 0 Å². The summed E-state index contributed by atoms with van der Waals surface area (Å²) < 4.78 is 47.8. The highest BCUT2D eigenvalue weighted by atomic mass is 32.2. The first-order valence-corrected chi connectivity index (χ1v) is 11.1. The summed E-state index contributed by atoms with van der Waals surface area (Å²) in [5.41, 5.74) is 0. The second kappa shape index (κ2) is 7.89. The Morgan fingerprint density at radius 1 is 1.10 bits per heavy atom. The minimum absolute atomic E-state index is 0.300. The Labute approximate surface area is 129 Å². The van der Waals surface area contributed by atoms with Crippen molar-refractivity contribution >= 4 is 19.9 Å². The molecule has 0 aromatic carbocycles. The second-order valence-corrected chi connectivity index (χ2v) is 10.7. The van der Waals surface area contributed by atoms with E-state index in [9.17, 15) is 16.8 Å². The van der Waals surface area contributed by atoms with Crippen molar-refractivity contribution < 1.29 is 16.8 Å². The largest absolute Gasteiger partial charge is 0.316 e. The molecular formula is C13H28N2O4S2. The molecule has 1 N–H and O–H groups in total. The molecule has 126 valence electrons. The van der Waals surface area contributed by atoms with Gasteiger partial charge in [-0.1, -0.05) is 13.8 Å². The van der Waals surface area contributed by atoms with Crippen molar-refractivity contribution in [3.63, 3.8) is 0 Å². The molecule has 1 aliphatic rings. The molecule has 0 bridgehead atoms. The quantitative estimate of drug-likeness (QED) is 0.688. The third-order valence-electron chi connectivity index (χ3n) is 3.66. The molecule has 0 amide bonds. The van der Waals surface area contributed by atoms with Crippen molar-refractivity contribution in [1.82, 2.24) is 9.62 Å². The zero-order valence-corrected chi connectivity index (χ0v) is 14.8. The molecule has 1 fully saturated rings. The number of hydrogen-bond acceptors (Lipinski definition) is 5. The van der Waals surface area contributed by atoms with E-state index in [1.807, 2.05) is 0 Å². The van der Waals surface area contributed by atoms with Gasteiger partial charge >= 0.3 is 0 Å². The summed E-state index contributed by atoms with van der Waals surface area (Å²) in [5.74, 6) is 0.513. The van der Waals surface area contributed by atoms with Crippen LogP contribution in [0.3, 0.4) is 0 Å². The van der Waals surface area contributed by atoms with E-state index in [1.54, 1.807) is 0 Å². The standard InChI is InChI=1S/C13H28N2O4S2/c1-12(2)10-14-11-13-4-6-15(7-5-13)21(18,19)9-8-20(3,16)17/h12-14H,4-11H2,1-3H3. The van der Waals surface area contributed by atoms with Crippen LogP contribution < -0.4 is 5.32 Å². The fourth-order valence-electron chi connectivity index (χ4n) is 2.35. The molecule has 0 saturated carbocycles. The van der Waals surface area contributed by atoms with Gasteiger partial charge in [-0.2, -0.15) is 0 Å². The van der Waals surface area contributed by atoms with Gasteiger partial charge in [-0.05, 0) is 37.8 Å². The summed E-state index contributed by atoms with van der Waals surface area (Å²) in [7, 11) is -6.68. The SMILES string of the molecule is CC(C)CNCC1CCN(S(=O)(=O)CCS(C)(=O)=O)CC1. The summed E-state index contributed by atoms with van der Waals surface area (Å²) in [4.78, 5) is 0. The van der Waals surface area contributed by atoms with Gasteiger partial charge in [-0.3, -0.25) is 0 Å². The first kappa shape index (κ1) is 18.9. The maximum absolute atomic E-state index is 12.1. The van der Waals surface area contributed by atoms with Crippen molar-refractivity contribution in [2.24, 2.45) is 11.8 Å². The topological polar surface area (TPSA) is 83.6 Å². The molecule has 1 aliphatic heterocycles. The lowest BCUT2D eigenvalue weighted by molar-refractivity contribution is 0.266. The summed E-state index contributed by atoms with van der Waals surface area (Å²) in [6, 6.07) is 0. The molecule has 6 nitrogen and oxygen atoms in total. The van der Waals surface area contributed by atoms with Crippen LogP contribution in [-0.2, 0) is 19.9 Å². The summed E-state index contributed by atoms with van der Waals surface area (Å²) in [5, 5.41) is 3.41. The van der Waals surface area contributed by atoms with Crippen LogP contribution in [0, 0.1) is 11.8 Å². The molecule has 1 heterocycles. The van der Waals surface area contributed by atoms with E-state index in [-0.39, 0.29) is 11.5 Å². The first-order valence-electron chi connectivity index (χ1n) is 7.46. The average molecular weight is 341 g/mol. The number of sulfonamides is 1. The Morgan fingerprint density at radius 2 is 1.67 bits per heavy atom. The highest BCUT2D eigenvalue weighted by molar-refractivity contribution is 7.93. The van der Waals surface area contributed by atoms with Gasteiger partial charge in [-0.25, -0.2) is 21.1 Å². The lowest BCUT2D eigenvalue weighted by atomic mass is 9.98. The predicted octanol–water partition coefficient (Wildman–Crippen LogP) is 0.318. The summed E-state index contributed by atoms with van der Waals surface area (Å²) in [6.45, 7) is 7.22. The number of sulfone groups is 1. The monoisotopic (exact) mass is 340 g/mol. The molecule has 1 saturated heterocycles. The van der Waals surface area contributed by atoms with E-state index >= 15 is 0 Å². The number of nitrogens with zero attached hydrogens (tertiary/aromatic N) is 1. The van der Waals surface area contributed by atoms with Gasteiger partial charge in [0.1, 0.15) is 9.84 Å². The Bertz CT molecular complexity index is 506. The first-order chi connectivity index (χ1) is 9.60. The number of piperidine rings is 1. The van der Waals surface area contributed by atoms with Gasteiger partial charge in [0.15, 0.2) is 0 Å². The number of rotatable bonds is 8. The fourth-order valence-corrected chi connectivity index (χ4v) is 5.43. The molecule has 21 heavy (non-hydrogen) atoms. The molecule has 0 spiro atoms. The van der Waals surface area contributed by atoms with Crippen LogP contribution in [0.2, 0.25) is 0 Å². The maximum Gasteiger partial charge on any atom is 0.215 e. The third kappa shape index (κ3) is 7.58. The Kier molecular flexibility index (Phi) is 7.09. The van der Waals surface area contributed by atoms with E-state index in [4.69, 9.17) is 0 Å². The van der Waals surface area contributed by atoms with Gasteiger partial charge < -0.3 is 5.32 Å². The van der Waals surface area contributed by atoms with Gasteiger partial charge in [0.05, 0.1) is 11.5 Å². The number of nitrogens with one attached hydrogen (secondary N) is 1.